The average Bonchev–Trinajstić information content (AvgIpc) is 2.64. The molecule has 146 valence electrons. The summed E-state index contributed by atoms with van der Waals surface area (Å²) in [6.07, 6.45) is 13.9. The Balaban J connectivity index is 1.35. The van der Waals surface area contributed by atoms with E-state index in [1.165, 1.54) is 0 Å². The van der Waals surface area contributed by atoms with Crippen LogP contribution in [-0.2, 0) is 4.79 Å². The molecule has 3 aliphatic rings. The molecule has 0 aromatic rings. The lowest BCUT2D eigenvalue weighted by atomic mass is 9.72. The van der Waals surface area contributed by atoms with E-state index in [9.17, 15) is 9.90 Å². The van der Waals surface area contributed by atoms with E-state index in [1.54, 1.807) is 0 Å². The van der Waals surface area contributed by atoms with Crippen LogP contribution >= 0.6 is 23.2 Å². The van der Waals surface area contributed by atoms with Crippen LogP contribution in [0.5, 0.6) is 0 Å². The predicted molar refractivity (Wildman–Crippen MR) is 108 cm³/mol. The molecule has 3 nitrogen and oxygen atoms in total. The number of rotatable bonds is 6. The first-order chi connectivity index (χ1) is 12.5. The molecule has 1 atom stereocenters. The molecule has 3 rings (SSSR count). The zero-order valence-corrected chi connectivity index (χ0v) is 17.0. The minimum atomic E-state index is -0.498. The molecule has 0 bridgehead atoms. The molecule has 5 heteroatoms. The van der Waals surface area contributed by atoms with Gasteiger partial charge in [0.2, 0.25) is 0 Å². The first-order valence-electron chi connectivity index (χ1n) is 10.1. The highest BCUT2D eigenvalue weighted by Crippen LogP contribution is 2.40. The Morgan fingerprint density at radius 2 is 1.92 bits per heavy atom. The lowest BCUT2D eigenvalue weighted by Gasteiger charge is -2.45. The van der Waals surface area contributed by atoms with E-state index < -0.39 is 5.60 Å². The first kappa shape index (κ1) is 20.4. The number of halogens is 2. The van der Waals surface area contributed by atoms with Gasteiger partial charge >= 0.3 is 0 Å². The van der Waals surface area contributed by atoms with Crippen molar-refractivity contribution in [3.05, 3.63) is 23.3 Å². The maximum Gasteiger partial charge on any atom is 0.140 e. The van der Waals surface area contributed by atoms with Crippen LogP contribution in [0.1, 0.15) is 57.8 Å². The van der Waals surface area contributed by atoms with Gasteiger partial charge in [-0.15, -0.1) is 11.6 Å². The van der Waals surface area contributed by atoms with Crippen molar-refractivity contribution < 1.29 is 9.90 Å². The van der Waals surface area contributed by atoms with Crippen LogP contribution < -0.4 is 0 Å². The fourth-order valence-electron chi connectivity index (χ4n) is 4.66. The second-order valence-electron chi connectivity index (χ2n) is 8.25. The van der Waals surface area contributed by atoms with Gasteiger partial charge in [0.15, 0.2) is 0 Å². The van der Waals surface area contributed by atoms with Crippen LogP contribution in [0.3, 0.4) is 0 Å². The standard InChI is InChI=1S/C21H31Cl2NO2/c22-18-7-3-16(4-8-18)20(25)2-1-13-24-14-11-21(26,12-15-24)17-5-9-19(23)10-6-17/h3,7-8,16-17,19,26H,1-2,4-6,9-15H2. The molecule has 1 heterocycles. The van der Waals surface area contributed by atoms with Crippen molar-refractivity contribution in [1.82, 2.24) is 4.90 Å². The van der Waals surface area contributed by atoms with Gasteiger partial charge in [0.25, 0.3) is 0 Å². The summed E-state index contributed by atoms with van der Waals surface area (Å²) in [6, 6.07) is 0. The maximum atomic E-state index is 12.3. The van der Waals surface area contributed by atoms with Crippen molar-refractivity contribution in [3.63, 3.8) is 0 Å². The van der Waals surface area contributed by atoms with Crippen LogP contribution in [-0.4, -0.2) is 46.4 Å². The summed E-state index contributed by atoms with van der Waals surface area (Å²) in [4.78, 5) is 14.7. The number of piperidine rings is 1. The normalized spacial score (nSPS) is 32.3. The van der Waals surface area contributed by atoms with Crippen molar-refractivity contribution >= 4 is 29.0 Å². The van der Waals surface area contributed by atoms with E-state index in [4.69, 9.17) is 23.2 Å². The quantitative estimate of drug-likeness (QED) is 0.660. The van der Waals surface area contributed by atoms with E-state index in [0.29, 0.717) is 23.5 Å². The molecular weight excluding hydrogens is 369 g/mol. The largest absolute Gasteiger partial charge is 0.390 e. The molecular formula is C21H31Cl2NO2. The maximum absolute atomic E-state index is 12.3. The lowest BCUT2D eigenvalue weighted by molar-refractivity contribution is -0.121. The van der Waals surface area contributed by atoms with E-state index in [1.807, 2.05) is 18.2 Å². The van der Waals surface area contributed by atoms with E-state index >= 15 is 0 Å². The highest BCUT2D eigenvalue weighted by molar-refractivity contribution is 6.31. The number of carbonyl (C=O) groups excluding carboxylic acids is 1. The molecule has 1 aliphatic heterocycles. The molecule has 0 aromatic heterocycles. The van der Waals surface area contributed by atoms with Crippen LogP contribution in [0, 0.1) is 11.8 Å². The van der Waals surface area contributed by atoms with Gasteiger partial charge < -0.3 is 10.0 Å². The summed E-state index contributed by atoms with van der Waals surface area (Å²) in [5.41, 5.74) is -0.498. The molecule has 0 amide bonds. The molecule has 1 saturated carbocycles. The smallest absolute Gasteiger partial charge is 0.140 e. The molecule has 1 saturated heterocycles. The summed E-state index contributed by atoms with van der Waals surface area (Å²) in [6.45, 7) is 2.82. The molecule has 0 radical (unpaired) electrons. The first-order valence-corrected chi connectivity index (χ1v) is 10.9. The SMILES string of the molecule is O=C(CCCN1CCC(O)(C2CCC(Cl)CC2)CC1)C1C=CC(Cl)=CC1. The van der Waals surface area contributed by atoms with Gasteiger partial charge in [0.05, 0.1) is 5.60 Å². The molecule has 26 heavy (non-hydrogen) atoms. The molecule has 1 N–H and O–H groups in total. The van der Waals surface area contributed by atoms with Crippen molar-refractivity contribution in [1.29, 1.82) is 0 Å². The van der Waals surface area contributed by atoms with Crippen LogP contribution in [0.2, 0.25) is 0 Å². The number of Topliss-reactive ketones (excluding diaryl/α,β-unsaturated/α-hetero) is 1. The van der Waals surface area contributed by atoms with E-state index in [2.05, 4.69) is 4.90 Å². The van der Waals surface area contributed by atoms with E-state index in [-0.39, 0.29) is 5.92 Å². The zero-order valence-electron chi connectivity index (χ0n) is 15.5. The third-order valence-corrected chi connectivity index (χ3v) is 7.22. The Bertz CT molecular complexity index is 544. The summed E-state index contributed by atoms with van der Waals surface area (Å²) in [5, 5.41) is 12.1. The number of likely N-dealkylation sites (tertiary alicyclic amines) is 1. The van der Waals surface area contributed by atoms with Gasteiger partial charge in [-0.25, -0.2) is 0 Å². The third kappa shape index (κ3) is 5.34. The molecule has 1 unspecified atom stereocenters. The Morgan fingerprint density at radius 1 is 1.23 bits per heavy atom. The topological polar surface area (TPSA) is 40.5 Å². The fourth-order valence-corrected chi connectivity index (χ4v) is 5.07. The van der Waals surface area contributed by atoms with Gasteiger partial charge in [-0.2, -0.15) is 0 Å². The predicted octanol–water partition coefficient (Wildman–Crippen LogP) is 4.66. The van der Waals surface area contributed by atoms with Gasteiger partial charge in [-0.3, -0.25) is 4.79 Å². The Hall–Kier alpha value is -0.350. The average molecular weight is 400 g/mol. The minimum absolute atomic E-state index is 0.000933. The number of allylic oxidation sites excluding steroid dienone is 4. The third-order valence-electron chi connectivity index (χ3n) is 6.50. The number of ketones is 1. The van der Waals surface area contributed by atoms with Crippen molar-refractivity contribution in [2.45, 2.75) is 68.8 Å². The number of carbonyl (C=O) groups is 1. The summed E-state index contributed by atoms with van der Waals surface area (Å²) in [7, 11) is 0. The number of aliphatic hydroxyl groups is 1. The summed E-state index contributed by atoms with van der Waals surface area (Å²) in [5.74, 6) is 0.730. The van der Waals surface area contributed by atoms with E-state index in [0.717, 1.165) is 76.0 Å². The minimum Gasteiger partial charge on any atom is -0.390 e. The number of alkyl halides is 1. The Morgan fingerprint density at radius 3 is 2.54 bits per heavy atom. The second-order valence-corrected chi connectivity index (χ2v) is 9.31. The molecule has 0 aromatic carbocycles. The van der Waals surface area contributed by atoms with Crippen molar-refractivity contribution in [3.8, 4) is 0 Å². The highest BCUT2D eigenvalue weighted by Gasteiger charge is 2.40. The lowest BCUT2D eigenvalue weighted by Crippen LogP contribution is -2.49. The monoisotopic (exact) mass is 399 g/mol. The van der Waals surface area contributed by atoms with Gasteiger partial charge in [0.1, 0.15) is 5.78 Å². The Labute approximate surface area is 167 Å². The highest BCUT2D eigenvalue weighted by atomic mass is 35.5. The Kier molecular flexibility index (Phi) is 7.24. The van der Waals surface area contributed by atoms with Crippen LogP contribution in [0.4, 0.5) is 0 Å². The fraction of sp³-hybridized carbons (Fsp3) is 0.762. The molecule has 2 fully saturated rings. The van der Waals surface area contributed by atoms with Gasteiger partial charge in [0, 0.05) is 35.8 Å². The molecule has 2 aliphatic carbocycles. The summed E-state index contributed by atoms with van der Waals surface area (Å²) < 4.78 is 0. The number of nitrogens with zero attached hydrogens (tertiary/aromatic N) is 1. The van der Waals surface area contributed by atoms with Crippen LogP contribution in [0.15, 0.2) is 23.3 Å². The van der Waals surface area contributed by atoms with Crippen LogP contribution in [0.25, 0.3) is 0 Å². The van der Waals surface area contributed by atoms with Crippen molar-refractivity contribution in [2.24, 2.45) is 11.8 Å². The van der Waals surface area contributed by atoms with Gasteiger partial charge in [-0.05, 0) is 69.9 Å². The number of hydrogen-bond acceptors (Lipinski definition) is 3. The van der Waals surface area contributed by atoms with Crippen molar-refractivity contribution in [2.75, 3.05) is 19.6 Å². The van der Waals surface area contributed by atoms with Gasteiger partial charge in [-0.1, -0.05) is 23.8 Å². The second kappa shape index (κ2) is 9.23. The zero-order chi connectivity index (χ0) is 18.6. The molecule has 0 spiro atoms. The summed E-state index contributed by atoms with van der Waals surface area (Å²) >= 11 is 12.1. The number of hydrogen-bond donors (Lipinski definition) is 1.